The molecule has 1 aromatic carbocycles. The minimum atomic E-state index is -4.85. The van der Waals surface area contributed by atoms with Crippen LogP contribution in [0.25, 0.3) is 1.43 Å². The molecule has 1 aliphatic heterocycles. The lowest BCUT2D eigenvalue weighted by molar-refractivity contribution is -0.145. The second kappa shape index (κ2) is 6.16. The predicted octanol–water partition coefficient (Wildman–Crippen LogP) is 3.08. The lowest BCUT2D eigenvalue weighted by Crippen LogP contribution is -2.50. The van der Waals surface area contributed by atoms with Crippen molar-refractivity contribution in [2.24, 2.45) is 4.99 Å². The quantitative estimate of drug-likeness (QED) is 0.893. The molecule has 0 atom stereocenters. The summed E-state index contributed by atoms with van der Waals surface area (Å²) >= 11 is 0. The highest BCUT2D eigenvalue weighted by molar-refractivity contribution is 6.47. The summed E-state index contributed by atoms with van der Waals surface area (Å²) < 4.78 is 144. The number of alkyl halides is 3. The maximum Gasteiger partial charge on any atom is 0.416 e. The zero-order chi connectivity index (χ0) is 29.7. The zero-order valence-corrected chi connectivity index (χ0v) is 12.1. The van der Waals surface area contributed by atoms with Crippen molar-refractivity contribution in [2.45, 2.75) is 43.7 Å². The Morgan fingerprint density at radius 3 is 2.52 bits per heavy atom. The summed E-state index contributed by atoms with van der Waals surface area (Å²) in [6, 6.07) is 2.11. The van der Waals surface area contributed by atoms with Gasteiger partial charge in [0.05, 0.1) is 8.30 Å². The predicted molar refractivity (Wildman–Crippen MR) is 83.1 cm³/mol. The molecule has 0 aromatic heterocycles. The fourth-order valence-electron chi connectivity index (χ4n) is 2.21. The Morgan fingerprint density at radius 2 is 1.96 bits per heavy atom. The van der Waals surface area contributed by atoms with Gasteiger partial charge in [-0.25, -0.2) is 0 Å². The molecule has 1 N–H and O–H groups in total. The molecule has 25 heavy (non-hydrogen) atoms. The van der Waals surface area contributed by atoms with Crippen LogP contribution in [-0.2, 0) is 15.8 Å². The van der Waals surface area contributed by atoms with Gasteiger partial charge in [0.15, 0.2) is 0 Å². The summed E-state index contributed by atoms with van der Waals surface area (Å²) in [6.07, 6.45) is -25.4. The van der Waals surface area contributed by atoms with Gasteiger partial charge in [0.2, 0.25) is 0 Å². The van der Waals surface area contributed by atoms with Gasteiger partial charge < -0.3 is 10.0 Å². The second-order valence-electron chi connectivity index (χ2n) is 4.87. The van der Waals surface area contributed by atoms with Crippen LogP contribution in [0, 0.1) is 0 Å². The number of halogens is 3. The number of carboxylic acid groups (broad SMARTS) is 1. The second-order valence-corrected chi connectivity index (χ2v) is 4.87. The number of carbonyl (C=O) groups is 2. The SMILES string of the molecule is [2H]OC(=O)C([2H])([2H])N1C(=O)C(c2ccc(C(F)(F)F)cc2)=NC12C([2H])([2H])C([2H])([2H])C([2H])([2H])C([2H])([2H])C2([2H])[2H]. The number of hydrogen-bond donors (Lipinski definition) is 1. The molecule has 1 heterocycles. The van der Waals surface area contributed by atoms with Gasteiger partial charge in [-0.05, 0) is 37.6 Å². The van der Waals surface area contributed by atoms with Crippen LogP contribution in [0.5, 0.6) is 0 Å². The molecule has 0 saturated heterocycles. The fourth-order valence-corrected chi connectivity index (χ4v) is 2.21. The van der Waals surface area contributed by atoms with E-state index in [2.05, 4.69) is 10.1 Å². The Hall–Kier alpha value is -2.38. The number of carboxylic acids is 1. The number of hydrogen-bond acceptors (Lipinski definition) is 4. The molecule has 2 aliphatic rings. The third-order valence-electron chi connectivity index (χ3n) is 3.29. The third-order valence-corrected chi connectivity index (χ3v) is 3.29. The molecule has 1 fully saturated rings. The van der Waals surface area contributed by atoms with Crippen LogP contribution >= 0.6 is 0 Å². The standard InChI is InChI=1S/C17H17F3N2O3/c18-17(19,20)12-6-4-11(5-7-12)14-15(25)22(10-13(23)24)16(21-14)8-2-1-3-9-16/h4-7H,1-3,8-10H2,(H,23,24)/i1D2,2D2,3D2,8D2,9D2,10D2/hD. The van der Waals surface area contributed by atoms with E-state index in [-0.39, 0.29) is 0 Å². The average Bonchev–Trinajstić information content (AvgIpc) is 3.12. The molecular formula is C17H17F3N2O3. The Bertz CT molecular complexity index is 1190. The minimum Gasteiger partial charge on any atom is -0.480 e. The van der Waals surface area contributed by atoms with Gasteiger partial charge in [0, 0.05) is 19.3 Å². The van der Waals surface area contributed by atoms with Crippen LogP contribution in [0.1, 0.15) is 59.4 Å². The number of aliphatic imine (C=N–C) groups is 1. The van der Waals surface area contributed by atoms with Crippen LogP contribution in [0.3, 0.4) is 0 Å². The van der Waals surface area contributed by atoms with Crippen LogP contribution in [0.4, 0.5) is 13.2 Å². The van der Waals surface area contributed by atoms with Crippen LogP contribution in [-0.4, -0.2) is 39.8 Å². The van der Waals surface area contributed by atoms with Gasteiger partial charge in [-0.1, -0.05) is 18.5 Å². The van der Waals surface area contributed by atoms with Crippen LogP contribution in [0.15, 0.2) is 29.3 Å². The van der Waals surface area contributed by atoms with Crippen molar-refractivity contribution in [3.63, 3.8) is 0 Å². The van der Waals surface area contributed by atoms with Gasteiger partial charge >= 0.3 is 12.1 Å². The summed E-state index contributed by atoms with van der Waals surface area (Å²) in [5.74, 6) is -4.17. The number of rotatable bonds is 3. The van der Waals surface area contributed by atoms with Crippen molar-refractivity contribution < 1.29 is 44.3 Å². The van der Waals surface area contributed by atoms with Crippen molar-refractivity contribution in [3.8, 4) is 0 Å². The van der Waals surface area contributed by atoms with E-state index in [1.807, 2.05) is 0 Å². The van der Waals surface area contributed by atoms with Gasteiger partial charge in [-0.15, -0.1) is 0 Å². The van der Waals surface area contributed by atoms with E-state index < -0.39 is 83.8 Å². The largest absolute Gasteiger partial charge is 0.480 e. The Kier molecular flexibility index (Phi) is 1.84. The molecule has 8 heteroatoms. The van der Waals surface area contributed by atoms with E-state index in [0.717, 1.165) is 0 Å². The van der Waals surface area contributed by atoms with E-state index in [1.165, 1.54) is 0 Å². The van der Waals surface area contributed by atoms with Gasteiger partial charge in [-0.3, -0.25) is 14.6 Å². The molecule has 1 aliphatic carbocycles. The lowest BCUT2D eigenvalue weighted by Gasteiger charge is -2.38. The highest BCUT2D eigenvalue weighted by Crippen LogP contribution is 2.39. The normalized spacial score (nSPS) is 38.2. The number of carbonyl (C=O) groups excluding carboxylic acids is 1. The van der Waals surface area contributed by atoms with Crippen molar-refractivity contribution in [3.05, 3.63) is 35.4 Å². The Labute approximate surface area is 160 Å². The summed E-state index contributed by atoms with van der Waals surface area (Å²) in [4.78, 5) is 28.6. The maximum absolute atomic E-state index is 13.5. The molecule has 134 valence electrons. The van der Waals surface area contributed by atoms with Gasteiger partial charge in [0.1, 0.15) is 17.9 Å². The molecular weight excluding hydrogens is 337 g/mol. The van der Waals surface area contributed by atoms with Gasteiger partial charge in [0.25, 0.3) is 7.34 Å². The Morgan fingerprint density at radius 1 is 1.32 bits per heavy atom. The van der Waals surface area contributed by atoms with E-state index in [4.69, 9.17) is 17.9 Å². The first kappa shape index (κ1) is 7.47. The smallest absolute Gasteiger partial charge is 0.416 e. The lowest BCUT2D eigenvalue weighted by atomic mass is 9.88. The molecule has 1 aromatic rings. The number of benzene rings is 1. The highest BCUT2D eigenvalue weighted by Gasteiger charge is 2.48. The van der Waals surface area contributed by atoms with E-state index in [0.29, 0.717) is 24.3 Å². The van der Waals surface area contributed by atoms with E-state index in [9.17, 15) is 22.8 Å². The van der Waals surface area contributed by atoms with E-state index >= 15 is 0 Å². The molecule has 3 rings (SSSR count). The van der Waals surface area contributed by atoms with Gasteiger partial charge in [-0.2, -0.15) is 13.2 Å². The first-order chi connectivity index (χ1) is 16.8. The number of nitrogens with zero attached hydrogens (tertiary/aromatic N) is 2. The van der Waals surface area contributed by atoms with Crippen molar-refractivity contribution in [2.75, 3.05) is 6.50 Å². The molecule has 0 unspecified atom stereocenters. The molecule has 1 spiro atoms. The number of aliphatic carboxylic acids is 1. The molecule has 1 saturated carbocycles. The van der Waals surface area contributed by atoms with E-state index in [1.54, 1.807) is 0 Å². The van der Waals surface area contributed by atoms with Crippen molar-refractivity contribution in [1.82, 2.24) is 4.90 Å². The summed E-state index contributed by atoms with van der Waals surface area (Å²) in [5, 5.41) is 3.54. The van der Waals surface area contributed by atoms with Crippen molar-refractivity contribution in [1.29, 1.82) is 1.43 Å². The average molecular weight is 367 g/mol. The van der Waals surface area contributed by atoms with Crippen LogP contribution < -0.4 is 0 Å². The van der Waals surface area contributed by atoms with Crippen LogP contribution in [0.2, 0.25) is 0 Å². The maximum atomic E-state index is 13.5. The topological polar surface area (TPSA) is 70.0 Å². The minimum absolute atomic E-state index is 0.439. The first-order valence-electron chi connectivity index (χ1n) is 13.0. The molecule has 0 bridgehead atoms. The highest BCUT2D eigenvalue weighted by atomic mass is 19.4. The van der Waals surface area contributed by atoms with Crippen molar-refractivity contribution >= 4 is 17.6 Å². The molecule has 5 nitrogen and oxygen atoms in total. The zero-order valence-electron chi connectivity index (χ0n) is 25.1. The number of amides is 1. The fraction of sp³-hybridized carbons (Fsp3) is 0.471. The first-order valence-corrected chi connectivity index (χ1v) is 6.62. The monoisotopic (exact) mass is 367 g/mol. The summed E-state index contributed by atoms with van der Waals surface area (Å²) in [5.41, 5.74) is -7.06. The summed E-state index contributed by atoms with van der Waals surface area (Å²) in [6.45, 7) is -4.05. The third kappa shape index (κ3) is 3.25. The molecule has 0 radical (unpaired) electrons. The molecule has 1 amide bonds. The summed E-state index contributed by atoms with van der Waals surface area (Å²) in [7, 11) is 0. The Balaban J connectivity index is 2.49.